The minimum Gasteiger partial charge on any atom is -0.325 e. The molecule has 1 saturated heterocycles. The Balaban J connectivity index is 2.16. The second-order valence-electron chi connectivity index (χ2n) is 4.34. The average molecular weight is 225 g/mol. The molecule has 0 amide bonds. The van der Waals surface area contributed by atoms with Crippen molar-refractivity contribution in [2.45, 2.75) is 45.2 Å². The summed E-state index contributed by atoms with van der Waals surface area (Å²) in [6.07, 6.45) is 2.46. The van der Waals surface area contributed by atoms with Crippen LogP contribution in [0.25, 0.3) is 0 Å². The van der Waals surface area contributed by atoms with E-state index in [1.807, 2.05) is 0 Å². The van der Waals surface area contributed by atoms with E-state index in [1.165, 1.54) is 23.4 Å². The highest BCUT2D eigenvalue weighted by atomic mass is 32.1. The van der Waals surface area contributed by atoms with Crippen LogP contribution in [0.4, 0.5) is 0 Å². The van der Waals surface area contributed by atoms with Crippen molar-refractivity contribution < 1.29 is 0 Å². The lowest BCUT2D eigenvalue weighted by Gasteiger charge is -2.27. The van der Waals surface area contributed by atoms with E-state index in [0.29, 0.717) is 18.5 Å². The van der Waals surface area contributed by atoms with Gasteiger partial charge in [-0.25, -0.2) is 4.98 Å². The summed E-state index contributed by atoms with van der Waals surface area (Å²) < 4.78 is 0. The Labute approximate surface area is 95.1 Å². The number of thiazole rings is 1. The molecule has 0 bridgehead atoms. The molecule has 4 heteroatoms. The smallest absolute Gasteiger partial charge is 0.107 e. The van der Waals surface area contributed by atoms with Gasteiger partial charge in [0.1, 0.15) is 5.01 Å². The second kappa shape index (κ2) is 4.60. The molecular weight excluding hydrogens is 206 g/mol. The molecule has 0 spiro atoms. The van der Waals surface area contributed by atoms with E-state index in [0.717, 1.165) is 11.6 Å². The van der Waals surface area contributed by atoms with Crippen LogP contribution in [0.15, 0.2) is 0 Å². The van der Waals surface area contributed by atoms with E-state index in [4.69, 9.17) is 5.73 Å². The van der Waals surface area contributed by atoms with Crippen molar-refractivity contribution in [3.8, 4) is 0 Å². The Morgan fingerprint density at radius 2 is 2.40 bits per heavy atom. The zero-order valence-corrected chi connectivity index (χ0v) is 10.2. The lowest BCUT2D eigenvalue weighted by atomic mass is 9.91. The maximum atomic E-state index is 5.62. The van der Waals surface area contributed by atoms with Gasteiger partial charge in [0.25, 0.3) is 0 Å². The van der Waals surface area contributed by atoms with E-state index >= 15 is 0 Å². The van der Waals surface area contributed by atoms with Crippen molar-refractivity contribution in [3.63, 3.8) is 0 Å². The van der Waals surface area contributed by atoms with Crippen LogP contribution in [-0.2, 0) is 6.54 Å². The van der Waals surface area contributed by atoms with Gasteiger partial charge in [0.2, 0.25) is 0 Å². The van der Waals surface area contributed by atoms with Gasteiger partial charge in [-0.15, -0.1) is 11.3 Å². The van der Waals surface area contributed by atoms with Gasteiger partial charge in [0, 0.05) is 17.5 Å². The molecule has 2 rings (SSSR count). The molecule has 1 aliphatic heterocycles. The fourth-order valence-corrected chi connectivity index (χ4v) is 3.40. The van der Waals surface area contributed by atoms with Crippen molar-refractivity contribution in [1.82, 2.24) is 10.3 Å². The Kier molecular flexibility index (Phi) is 3.38. The number of rotatable bonds is 2. The van der Waals surface area contributed by atoms with Crippen LogP contribution >= 0.6 is 11.3 Å². The normalized spacial score (nSPS) is 26.9. The predicted octanol–water partition coefficient (Wildman–Crippen LogP) is 1.77. The molecule has 84 valence electrons. The molecule has 1 fully saturated rings. The molecule has 3 nitrogen and oxygen atoms in total. The largest absolute Gasteiger partial charge is 0.325 e. The molecule has 2 atom stereocenters. The molecular formula is C11H19N3S. The number of nitrogens with two attached hydrogens (primary N) is 1. The van der Waals surface area contributed by atoms with Crippen molar-refractivity contribution >= 4 is 11.3 Å². The molecule has 2 unspecified atom stereocenters. The van der Waals surface area contributed by atoms with Crippen LogP contribution in [0.1, 0.15) is 41.3 Å². The zero-order chi connectivity index (χ0) is 10.8. The molecule has 15 heavy (non-hydrogen) atoms. The third-order valence-corrected chi connectivity index (χ3v) is 4.39. The monoisotopic (exact) mass is 225 g/mol. The molecule has 1 aliphatic rings. The Bertz CT molecular complexity index is 335. The van der Waals surface area contributed by atoms with E-state index < -0.39 is 0 Å². The minimum atomic E-state index is 0.575. The van der Waals surface area contributed by atoms with Gasteiger partial charge in [-0.2, -0.15) is 0 Å². The number of piperidine rings is 1. The standard InChI is InChI=1S/C11H19N3S/c1-7-5-9(3-4-13-7)11-8(2)14-10(6-12)15-11/h7,9,13H,3-6,12H2,1-2H3. The summed E-state index contributed by atoms with van der Waals surface area (Å²) in [7, 11) is 0. The molecule has 0 aliphatic carbocycles. The van der Waals surface area contributed by atoms with Gasteiger partial charge < -0.3 is 11.1 Å². The Morgan fingerprint density at radius 1 is 1.60 bits per heavy atom. The average Bonchev–Trinajstić information content (AvgIpc) is 2.60. The van der Waals surface area contributed by atoms with E-state index in [2.05, 4.69) is 24.1 Å². The number of aryl methyl sites for hydroxylation is 1. The number of nitrogens with one attached hydrogen (secondary N) is 1. The molecule has 3 N–H and O–H groups in total. The van der Waals surface area contributed by atoms with Crippen LogP contribution in [-0.4, -0.2) is 17.6 Å². The van der Waals surface area contributed by atoms with Crippen LogP contribution in [0, 0.1) is 6.92 Å². The maximum Gasteiger partial charge on any atom is 0.107 e. The molecule has 2 heterocycles. The maximum absolute atomic E-state index is 5.62. The van der Waals surface area contributed by atoms with Gasteiger partial charge >= 0.3 is 0 Å². The summed E-state index contributed by atoms with van der Waals surface area (Å²) in [6, 6.07) is 0.631. The summed E-state index contributed by atoms with van der Waals surface area (Å²) in [5.41, 5.74) is 6.82. The lowest BCUT2D eigenvalue weighted by molar-refractivity contribution is 0.383. The van der Waals surface area contributed by atoms with Crippen molar-refractivity contribution in [2.24, 2.45) is 5.73 Å². The first-order valence-electron chi connectivity index (χ1n) is 5.60. The van der Waals surface area contributed by atoms with Gasteiger partial charge in [-0.3, -0.25) is 0 Å². The first-order valence-corrected chi connectivity index (χ1v) is 6.42. The van der Waals surface area contributed by atoms with Crippen molar-refractivity contribution in [1.29, 1.82) is 0 Å². The summed E-state index contributed by atoms with van der Waals surface area (Å²) in [6.45, 7) is 6.07. The molecule has 0 radical (unpaired) electrons. The number of hydrogen-bond donors (Lipinski definition) is 2. The quantitative estimate of drug-likeness (QED) is 0.806. The predicted molar refractivity (Wildman–Crippen MR) is 64.2 cm³/mol. The van der Waals surface area contributed by atoms with E-state index in [-0.39, 0.29) is 0 Å². The molecule has 0 aromatic carbocycles. The highest BCUT2D eigenvalue weighted by Crippen LogP contribution is 2.33. The topological polar surface area (TPSA) is 50.9 Å². The minimum absolute atomic E-state index is 0.575. The van der Waals surface area contributed by atoms with E-state index in [9.17, 15) is 0 Å². The third-order valence-electron chi connectivity index (χ3n) is 3.05. The summed E-state index contributed by atoms with van der Waals surface area (Å²) in [5.74, 6) is 0.694. The third kappa shape index (κ3) is 2.38. The highest BCUT2D eigenvalue weighted by molar-refractivity contribution is 7.11. The van der Waals surface area contributed by atoms with Crippen LogP contribution < -0.4 is 11.1 Å². The summed E-state index contributed by atoms with van der Waals surface area (Å²) >= 11 is 1.80. The van der Waals surface area contributed by atoms with Crippen molar-refractivity contribution in [3.05, 3.63) is 15.6 Å². The van der Waals surface area contributed by atoms with E-state index in [1.54, 1.807) is 11.3 Å². The number of aromatic nitrogens is 1. The van der Waals surface area contributed by atoms with Crippen LogP contribution in [0.2, 0.25) is 0 Å². The first kappa shape index (κ1) is 11.0. The summed E-state index contributed by atoms with van der Waals surface area (Å²) in [5, 5.41) is 4.56. The fourth-order valence-electron chi connectivity index (χ4n) is 2.30. The zero-order valence-electron chi connectivity index (χ0n) is 9.42. The van der Waals surface area contributed by atoms with Gasteiger partial charge in [0.15, 0.2) is 0 Å². The Hall–Kier alpha value is -0.450. The van der Waals surface area contributed by atoms with Crippen molar-refractivity contribution in [2.75, 3.05) is 6.54 Å². The molecule has 0 saturated carbocycles. The molecule has 1 aromatic heterocycles. The van der Waals surface area contributed by atoms with Gasteiger partial charge in [-0.1, -0.05) is 0 Å². The molecule has 1 aromatic rings. The highest BCUT2D eigenvalue weighted by Gasteiger charge is 2.23. The first-order chi connectivity index (χ1) is 7.20. The van der Waals surface area contributed by atoms with Gasteiger partial charge in [0.05, 0.1) is 5.69 Å². The van der Waals surface area contributed by atoms with Crippen LogP contribution in [0.3, 0.4) is 0 Å². The van der Waals surface area contributed by atoms with Gasteiger partial charge in [-0.05, 0) is 39.2 Å². The van der Waals surface area contributed by atoms with Crippen LogP contribution in [0.5, 0.6) is 0 Å². The number of nitrogens with zero attached hydrogens (tertiary/aromatic N) is 1. The lowest BCUT2D eigenvalue weighted by Crippen LogP contribution is -2.34. The fraction of sp³-hybridized carbons (Fsp3) is 0.727. The SMILES string of the molecule is Cc1nc(CN)sc1C1CCNC(C)C1. The Morgan fingerprint density at radius 3 is 3.00 bits per heavy atom. The number of hydrogen-bond acceptors (Lipinski definition) is 4. The second-order valence-corrected chi connectivity index (χ2v) is 5.45. The summed E-state index contributed by atoms with van der Waals surface area (Å²) in [4.78, 5) is 5.96.